The molecule has 3 aliphatic rings. The van der Waals surface area contributed by atoms with Gasteiger partial charge in [-0.1, -0.05) is 19.3 Å². The number of aliphatic imine (C=N–C) groups is 1. The summed E-state index contributed by atoms with van der Waals surface area (Å²) in [4.78, 5) is 7.51. The number of nitrogens with zero attached hydrogens (tertiary/aromatic N) is 2. The van der Waals surface area contributed by atoms with E-state index in [1.165, 1.54) is 58.0 Å². The zero-order valence-corrected chi connectivity index (χ0v) is 20.7. The fraction of sp³-hybridized carbons (Fsp3) is 0.955. The molecule has 0 bridgehead atoms. The number of hydrogen-bond donors (Lipinski definition) is 2. The van der Waals surface area contributed by atoms with E-state index in [0.717, 1.165) is 64.4 Å². The van der Waals surface area contributed by atoms with Gasteiger partial charge in [-0.2, -0.15) is 0 Å². The molecule has 0 radical (unpaired) electrons. The second-order valence-electron chi connectivity index (χ2n) is 8.67. The average molecular weight is 523 g/mol. The summed E-state index contributed by atoms with van der Waals surface area (Å²) in [5.74, 6) is 1.57. The summed E-state index contributed by atoms with van der Waals surface area (Å²) >= 11 is 0. The molecule has 29 heavy (non-hydrogen) atoms. The van der Waals surface area contributed by atoms with E-state index in [0.29, 0.717) is 12.0 Å². The molecule has 1 aliphatic carbocycles. The van der Waals surface area contributed by atoms with Gasteiger partial charge >= 0.3 is 0 Å². The Morgan fingerprint density at radius 1 is 1.10 bits per heavy atom. The van der Waals surface area contributed by atoms with Gasteiger partial charge in [-0.3, -0.25) is 4.99 Å². The van der Waals surface area contributed by atoms with E-state index in [-0.39, 0.29) is 24.0 Å². The molecule has 0 aromatic rings. The van der Waals surface area contributed by atoms with Crippen molar-refractivity contribution in [1.29, 1.82) is 0 Å². The van der Waals surface area contributed by atoms with Gasteiger partial charge in [0.05, 0.1) is 13.2 Å². The highest BCUT2D eigenvalue weighted by molar-refractivity contribution is 14.0. The fourth-order valence-corrected chi connectivity index (χ4v) is 4.69. The molecule has 0 amide bonds. The molecule has 6 nitrogen and oxygen atoms in total. The molecule has 7 heteroatoms. The normalized spacial score (nSPS) is 25.0. The molecule has 2 saturated heterocycles. The minimum Gasteiger partial charge on any atom is -0.381 e. The summed E-state index contributed by atoms with van der Waals surface area (Å²) in [5.41, 5.74) is 0. The van der Waals surface area contributed by atoms with Crippen LogP contribution in [-0.2, 0) is 9.47 Å². The van der Waals surface area contributed by atoms with Crippen LogP contribution >= 0.6 is 24.0 Å². The van der Waals surface area contributed by atoms with Crippen LogP contribution in [0.25, 0.3) is 0 Å². The minimum atomic E-state index is 0. The summed E-state index contributed by atoms with van der Waals surface area (Å²) in [6, 6.07) is 1.41. The highest BCUT2D eigenvalue weighted by Crippen LogP contribution is 2.25. The monoisotopic (exact) mass is 522 g/mol. The van der Waals surface area contributed by atoms with Crippen LogP contribution in [0.1, 0.15) is 64.7 Å². The van der Waals surface area contributed by atoms with Crippen LogP contribution in [0.2, 0.25) is 0 Å². The Morgan fingerprint density at radius 3 is 2.59 bits per heavy atom. The molecule has 170 valence electrons. The molecule has 2 heterocycles. The predicted octanol–water partition coefficient (Wildman–Crippen LogP) is 3.40. The van der Waals surface area contributed by atoms with Crippen LogP contribution in [0.5, 0.6) is 0 Å². The Bertz CT molecular complexity index is 446. The van der Waals surface area contributed by atoms with Crippen molar-refractivity contribution in [2.75, 3.05) is 52.6 Å². The molecule has 3 rings (SSSR count). The first-order valence-corrected chi connectivity index (χ1v) is 11.8. The third-order valence-corrected chi connectivity index (χ3v) is 6.40. The van der Waals surface area contributed by atoms with Gasteiger partial charge in [0.25, 0.3) is 0 Å². The van der Waals surface area contributed by atoms with E-state index in [9.17, 15) is 0 Å². The van der Waals surface area contributed by atoms with Gasteiger partial charge in [0.1, 0.15) is 0 Å². The van der Waals surface area contributed by atoms with Gasteiger partial charge < -0.3 is 25.0 Å². The molecule has 2 aliphatic heterocycles. The third kappa shape index (κ3) is 9.27. The Balaban J connectivity index is 0.00000300. The number of guanidine groups is 1. The number of ether oxygens (including phenoxy) is 2. The highest BCUT2D eigenvalue weighted by atomic mass is 127. The van der Waals surface area contributed by atoms with E-state index in [1.807, 2.05) is 0 Å². The van der Waals surface area contributed by atoms with Gasteiger partial charge in [0.2, 0.25) is 0 Å². The van der Waals surface area contributed by atoms with E-state index < -0.39 is 0 Å². The highest BCUT2D eigenvalue weighted by Gasteiger charge is 2.26. The van der Waals surface area contributed by atoms with Crippen molar-refractivity contribution >= 4 is 29.9 Å². The molecule has 0 aromatic carbocycles. The number of rotatable bonds is 9. The van der Waals surface area contributed by atoms with Gasteiger partial charge in [0, 0.05) is 57.4 Å². The number of likely N-dealkylation sites (tertiary alicyclic amines) is 1. The lowest BCUT2D eigenvalue weighted by molar-refractivity contribution is 0.0893. The predicted molar refractivity (Wildman–Crippen MR) is 130 cm³/mol. The maximum absolute atomic E-state index is 5.78. The lowest BCUT2D eigenvalue weighted by atomic mass is 9.92. The van der Waals surface area contributed by atoms with Crippen molar-refractivity contribution in [3.63, 3.8) is 0 Å². The van der Waals surface area contributed by atoms with Crippen LogP contribution in [0.3, 0.4) is 0 Å². The summed E-state index contributed by atoms with van der Waals surface area (Å²) in [6.07, 6.45) is 11.7. The van der Waals surface area contributed by atoms with Crippen LogP contribution < -0.4 is 10.6 Å². The SMILES string of the molecule is CCNC(=NCCCOCC1CCOC1)NC1CCN(C2CCCCC2)CC1.I. The number of nitrogens with one attached hydrogen (secondary N) is 2. The van der Waals surface area contributed by atoms with E-state index in [4.69, 9.17) is 14.5 Å². The summed E-state index contributed by atoms with van der Waals surface area (Å²) in [5, 5.41) is 7.08. The second kappa shape index (κ2) is 14.8. The first-order chi connectivity index (χ1) is 13.8. The van der Waals surface area contributed by atoms with Crippen LogP contribution in [0, 0.1) is 5.92 Å². The lowest BCUT2D eigenvalue weighted by Crippen LogP contribution is -2.51. The summed E-state index contributed by atoms with van der Waals surface area (Å²) in [6.45, 7) is 9.72. The number of piperidine rings is 1. The maximum atomic E-state index is 5.78. The summed E-state index contributed by atoms with van der Waals surface area (Å²) < 4.78 is 11.2. The molecule has 2 N–H and O–H groups in total. The quantitative estimate of drug-likeness (QED) is 0.211. The molecular formula is C22H43IN4O2. The first kappa shape index (κ1) is 25.1. The molecule has 3 fully saturated rings. The molecule has 0 aromatic heterocycles. The van der Waals surface area contributed by atoms with Crippen molar-refractivity contribution < 1.29 is 9.47 Å². The topological polar surface area (TPSA) is 58.1 Å². The number of hydrogen-bond acceptors (Lipinski definition) is 4. The van der Waals surface area contributed by atoms with Gasteiger partial charge in [-0.15, -0.1) is 24.0 Å². The Morgan fingerprint density at radius 2 is 1.90 bits per heavy atom. The fourth-order valence-electron chi connectivity index (χ4n) is 4.69. The Labute approximate surface area is 195 Å². The third-order valence-electron chi connectivity index (χ3n) is 6.40. The maximum Gasteiger partial charge on any atom is 0.191 e. The van der Waals surface area contributed by atoms with Crippen molar-refractivity contribution in [2.45, 2.75) is 76.8 Å². The van der Waals surface area contributed by atoms with E-state index in [1.54, 1.807) is 0 Å². The number of halogens is 1. The summed E-state index contributed by atoms with van der Waals surface area (Å²) in [7, 11) is 0. The molecule has 1 atom stereocenters. The largest absolute Gasteiger partial charge is 0.381 e. The second-order valence-corrected chi connectivity index (χ2v) is 8.67. The van der Waals surface area contributed by atoms with Crippen LogP contribution in [-0.4, -0.2) is 75.5 Å². The molecule has 1 unspecified atom stereocenters. The molecule has 0 spiro atoms. The standard InChI is InChI=1S/C22H42N4O2.HI/c1-2-23-22(24-12-6-15-27-17-19-11-16-28-18-19)25-20-9-13-26(14-10-20)21-7-4-3-5-8-21;/h19-21H,2-18H2,1H3,(H2,23,24,25);1H. The smallest absolute Gasteiger partial charge is 0.191 e. The van der Waals surface area contributed by atoms with Gasteiger partial charge in [0.15, 0.2) is 5.96 Å². The van der Waals surface area contributed by atoms with Crippen molar-refractivity contribution in [3.05, 3.63) is 0 Å². The zero-order chi connectivity index (χ0) is 19.4. The lowest BCUT2D eigenvalue weighted by Gasteiger charge is -2.39. The van der Waals surface area contributed by atoms with Gasteiger partial charge in [-0.05, 0) is 45.4 Å². The first-order valence-electron chi connectivity index (χ1n) is 11.8. The van der Waals surface area contributed by atoms with Crippen molar-refractivity contribution in [1.82, 2.24) is 15.5 Å². The average Bonchev–Trinajstić information content (AvgIpc) is 3.25. The molecular weight excluding hydrogens is 479 g/mol. The zero-order valence-electron chi connectivity index (χ0n) is 18.4. The van der Waals surface area contributed by atoms with E-state index >= 15 is 0 Å². The van der Waals surface area contributed by atoms with Crippen LogP contribution in [0.15, 0.2) is 4.99 Å². The van der Waals surface area contributed by atoms with Gasteiger partial charge in [-0.25, -0.2) is 0 Å². The van der Waals surface area contributed by atoms with E-state index in [2.05, 4.69) is 22.5 Å². The minimum absolute atomic E-state index is 0. The van der Waals surface area contributed by atoms with Crippen molar-refractivity contribution in [3.8, 4) is 0 Å². The van der Waals surface area contributed by atoms with Crippen molar-refractivity contribution in [2.24, 2.45) is 10.9 Å². The Kier molecular flexibility index (Phi) is 12.8. The van der Waals surface area contributed by atoms with Crippen LogP contribution in [0.4, 0.5) is 0 Å². The Hall–Kier alpha value is -0.120. The molecule has 1 saturated carbocycles.